The summed E-state index contributed by atoms with van der Waals surface area (Å²) in [5.41, 5.74) is 5.24. The van der Waals surface area contributed by atoms with Crippen molar-refractivity contribution in [3.8, 4) is 11.1 Å². The highest BCUT2D eigenvalue weighted by molar-refractivity contribution is 5.79. The van der Waals surface area contributed by atoms with Crippen LogP contribution in [0.2, 0.25) is 0 Å². The number of morpholine rings is 1. The first-order chi connectivity index (χ1) is 17.6. The summed E-state index contributed by atoms with van der Waals surface area (Å²) in [7, 11) is 0. The van der Waals surface area contributed by atoms with Gasteiger partial charge < -0.3 is 19.0 Å². The van der Waals surface area contributed by atoms with Crippen LogP contribution in [-0.2, 0) is 15.1 Å². The summed E-state index contributed by atoms with van der Waals surface area (Å²) in [6, 6.07) is 21.9. The monoisotopic (exact) mass is 481 g/mol. The average Bonchev–Trinajstić information content (AvgIpc) is 3.47. The van der Waals surface area contributed by atoms with E-state index in [1.807, 2.05) is 53.1 Å². The lowest BCUT2D eigenvalue weighted by Crippen LogP contribution is -2.62. The zero-order valence-corrected chi connectivity index (χ0v) is 19.8. The Morgan fingerprint density at radius 1 is 0.972 bits per heavy atom. The first-order valence-electron chi connectivity index (χ1n) is 12.5. The van der Waals surface area contributed by atoms with Gasteiger partial charge in [-0.05, 0) is 34.4 Å². The second kappa shape index (κ2) is 8.18. The van der Waals surface area contributed by atoms with E-state index in [-0.39, 0.29) is 30.7 Å². The quantitative estimate of drug-likeness (QED) is 0.471. The molecule has 3 aliphatic rings. The molecule has 1 N–H and O–H groups in total. The van der Waals surface area contributed by atoms with Gasteiger partial charge in [-0.3, -0.25) is 4.90 Å². The number of nitrogens with zero attached hydrogens (tertiary/aromatic N) is 3. The Labute approximate surface area is 208 Å². The predicted molar refractivity (Wildman–Crippen MR) is 134 cm³/mol. The van der Waals surface area contributed by atoms with E-state index in [4.69, 9.17) is 9.47 Å². The Morgan fingerprint density at radius 3 is 2.31 bits per heavy atom. The van der Waals surface area contributed by atoms with E-state index < -0.39 is 5.60 Å². The van der Waals surface area contributed by atoms with E-state index in [1.165, 1.54) is 22.3 Å². The molecule has 2 atom stereocenters. The Bertz CT molecular complexity index is 1400. The number of hydrogen-bond donors (Lipinski definition) is 1. The molecular formula is C29H27N3O4. The molecule has 2 saturated heterocycles. The maximum atomic E-state index is 13.5. The van der Waals surface area contributed by atoms with Crippen molar-refractivity contribution in [2.45, 2.75) is 36.4 Å². The van der Waals surface area contributed by atoms with Gasteiger partial charge in [0.25, 0.3) is 0 Å². The van der Waals surface area contributed by atoms with Gasteiger partial charge in [-0.2, -0.15) is 0 Å². The smallest absolute Gasteiger partial charge is 0.410 e. The summed E-state index contributed by atoms with van der Waals surface area (Å²) in [6.07, 6.45) is 4.07. The summed E-state index contributed by atoms with van der Waals surface area (Å²) in [4.78, 5) is 19.7. The highest BCUT2D eigenvalue weighted by Crippen LogP contribution is 2.45. The van der Waals surface area contributed by atoms with E-state index in [2.05, 4.69) is 29.2 Å². The van der Waals surface area contributed by atoms with Gasteiger partial charge >= 0.3 is 6.09 Å². The fourth-order valence-electron chi connectivity index (χ4n) is 6.43. The number of ether oxygens (including phenoxy) is 2. The van der Waals surface area contributed by atoms with Crippen molar-refractivity contribution < 1.29 is 19.4 Å². The third-order valence-corrected chi connectivity index (χ3v) is 7.99. The van der Waals surface area contributed by atoms with Crippen molar-refractivity contribution in [2.75, 3.05) is 19.8 Å². The molecule has 36 heavy (non-hydrogen) atoms. The molecule has 2 aromatic heterocycles. The molecule has 2 unspecified atom stereocenters. The summed E-state index contributed by atoms with van der Waals surface area (Å²) in [5.74, 6) is 0.0114. The second-order valence-corrected chi connectivity index (χ2v) is 10.1. The second-order valence-electron chi connectivity index (χ2n) is 10.1. The van der Waals surface area contributed by atoms with Crippen LogP contribution in [0.15, 0.2) is 79.1 Å². The molecule has 4 heterocycles. The molecule has 2 aliphatic heterocycles. The van der Waals surface area contributed by atoms with Crippen LogP contribution in [0.4, 0.5) is 4.79 Å². The van der Waals surface area contributed by atoms with E-state index in [1.54, 1.807) is 11.1 Å². The van der Waals surface area contributed by atoms with Crippen LogP contribution in [0.25, 0.3) is 16.8 Å². The van der Waals surface area contributed by atoms with Crippen molar-refractivity contribution in [1.82, 2.24) is 14.3 Å². The van der Waals surface area contributed by atoms with Crippen molar-refractivity contribution in [2.24, 2.45) is 0 Å². The van der Waals surface area contributed by atoms with Gasteiger partial charge in [0.2, 0.25) is 0 Å². The predicted octanol–water partition coefficient (Wildman–Crippen LogP) is 4.33. The van der Waals surface area contributed by atoms with Crippen LogP contribution >= 0.6 is 0 Å². The largest absolute Gasteiger partial charge is 0.448 e. The minimum Gasteiger partial charge on any atom is -0.448 e. The number of carbonyl (C=O) groups excluding carboxylic acids is 1. The summed E-state index contributed by atoms with van der Waals surface area (Å²) < 4.78 is 13.7. The first-order valence-corrected chi connectivity index (χ1v) is 12.5. The fourth-order valence-corrected chi connectivity index (χ4v) is 6.43. The lowest BCUT2D eigenvalue weighted by molar-refractivity contribution is -0.138. The summed E-state index contributed by atoms with van der Waals surface area (Å²) >= 11 is 0. The lowest BCUT2D eigenvalue weighted by Gasteiger charge is -2.50. The van der Waals surface area contributed by atoms with Crippen LogP contribution in [0.3, 0.4) is 0 Å². The molecule has 1 aliphatic carbocycles. The fraction of sp³-hybridized carbons (Fsp3) is 0.310. The van der Waals surface area contributed by atoms with Crippen molar-refractivity contribution >= 4 is 11.7 Å². The van der Waals surface area contributed by atoms with E-state index >= 15 is 0 Å². The minimum absolute atomic E-state index is 0.0114. The number of imidazole rings is 1. The minimum atomic E-state index is -1.10. The van der Waals surface area contributed by atoms with E-state index in [9.17, 15) is 9.90 Å². The highest BCUT2D eigenvalue weighted by atomic mass is 16.6. The zero-order valence-electron chi connectivity index (χ0n) is 19.8. The van der Waals surface area contributed by atoms with Gasteiger partial charge in [0.1, 0.15) is 17.9 Å². The van der Waals surface area contributed by atoms with E-state index in [0.717, 1.165) is 11.3 Å². The Hall–Kier alpha value is -3.68. The molecule has 0 radical (unpaired) electrons. The number of aliphatic hydroxyl groups is 1. The standard InChI is InChI=1S/C29H27N3O4/c33-28(36-18-25-23-9-3-1-7-21(23)22-8-2-4-10-24(22)25)32-19-13-29(34,14-20(32)17-35-16-19)26-15-30-27-11-5-6-12-31(26)27/h1-12,15,19-20,25,34H,13-14,16-18H2. The zero-order chi connectivity index (χ0) is 24.3. The van der Waals surface area contributed by atoms with Crippen molar-refractivity contribution in [1.29, 1.82) is 0 Å². The van der Waals surface area contributed by atoms with Gasteiger partial charge in [0.15, 0.2) is 0 Å². The summed E-state index contributed by atoms with van der Waals surface area (Å²) in [5, 5.41) is 11.8. The highest BCUT2D eigenvalue weighted by Gasteiger charge is 2.50. The topological polar surface area (TPSA) is 76.3 Å². The van der Waals surface area contributed by atoms with Crippen molar-refractivity contribution in [3.63, 3.8) is 0 Å². The van der Waals surface area contributed by atoms with Gasteiger partial charge in [0, 0.05) is 25.0 Å². The number of pyridine rings is 1. The normalized spacial score (nSPS) is 25.0. The molecule has 7 heteroatoms. The molecule has 7 nitrogen and oxygen atoms in total. The number of piperidine rings is 1. The number of carbonyl (C=O) groups is 1. The number of amides is 1. The van der Waals surface area contributed by atoms with Gasteiger partial charge in [-0.1, -0.05) is 54.6 Å². The molecule has 2 fully saturated rings. The molecule has 0 spiro atoms. The maximum absolute atomic E-state index is 13.5. The molecule has 2 bridgehead atoms. The van der Waals surface area contributed by atoms with Gasteiger partial charge in [-0.25, -0.2) is 9.78 Å². The number of rotatable bonds is 3. The average molecular weight is 482 g/mol. The van der Waals surface area contributed by atoms with Gasteiger partial charge in [-0.15, -0.1) is 0 Å². The molecule has 0 saturated carbocycles. The third-order valence-electron chi connectivity index (χ3n) is 7.99. The van der Waals surface area contributed by atoms with Crippen LogP contribution in [0, 0.1) is 0 Å². The Balaban J connectivity index is 1.12. The van der Waals surface area contributed by atoms with Crippen LogP contribution < -0.4 is 0 Å². The Morgan fingerprint density at radius 2 is 1.61 bits per heavy atom. The van der Waals surface area contributed by atoms with Crippen molar-refractivity contribution in [3.05, 3.63) is 95.9 Å². The van der Waals surface area contributed by atoms with Crippen LogP contribution in [-0.4, -0.2) is 57.4 Å². The number of fused-ring (bicyclic) bond motifs is 6. The molecule has 4 aromatic rings. The molecule has 7 rings (SSSR count). The first kappa shape index (κ1) is 21.6. The number of aromatic nitrogens is 2. The molecule has 1 amide bonds. The maximum Gasteiger partial charge on any atom is 0.410 e. The SMILES string of the molecule is O=C(OCC1c2ccccc2-c2ccccc21)N1C2COCC1CC(O)(c1cnc3ccccn13)C2. The van der Waals surface area contributed by atoms with Crippen LogP contribution in [0.1, 0.15) is 35.6 Å². The molecular weight excluding hydrogens is 454 g/mol. The van der Waals surface area contributed by atoms with Crippen LogP contribution in [0.5, 0.6) is 0 Å². The Kier molecular flexibility index (Phi) is 4.91. The number of hydrogen-bond acceptors (Lipinski definition) is 5. The summed E-state index contributed by atoms with van der Waals surface area (Å²) in [6.45, 7) is 1.03. The number of benzene rings is 2. The van der Waals surface area contributed by atoms with E-state index in [0.29, 0.717) is 26.1 Å². The third kappa shape index (κ3) is 3.27. The molecule has 182 valence electrons. The lowest BCUT2D eigenvalue weighted by atomic mass is 9.79. The molecule has 2 aromatic carbocycles. The van der Waals surface area contributed by atoms with Gasteiger partial charge in [0.05, 0.1) is 37.2 Å².